The highest BCUT2D eigenvalue weighted by molar-refractivity contribution is 5.80. The maximum absolute atomic E-state index is 11.0. The van der Waals surface area contributed by atoms with Gasteiger partial charge in [0.25, 0.3) is 0 Å². The number of hydrogen-bond acceptors (Lipinski definition) is 2. The van der Waals surface area contributed by atoms with Crippen LogP contribution in [0.1, 0.15) is 34.6 Å². The molecule has 0 aromatic heterocycles. The van der Waals surface area contributed by atoms with E-state index in [1.165, 1.54) is 0 Å². The molecule has 0 aliphatic heterocycles. The number of hydrogen-bond donors (Lipinski definition) is 2. The van der Waals surface area contributed by atoms with Gasteiger partial charge in [-0.1, -0.05) is 34.6 Å². The van der Waals surface area contributed by atoms with Crippen molar-refractivity contribution in [3.05, 3.63) is 0 Å². The number of nitrogens with two attached hydrogens (primary N) is 1. The minimum atomic E-state index is -0.281. The Balaban J connectivity index is 4.35. The highest BCUT2D eigenvalue weighted by Gasteiger charge is 2.29. The molecule has 0 bridgehead atoms. The standard InChI is InChI=1S/C9H20N2O/c1-6(2)11-7(8(10)12)9(3,4)5/h6-7,11H,1-5H3,(H2,10,12)/t7-/m0/s1. The van der Waals surface area contributed by atoms with E-state index in [2.05, 4.69) is 5.32 Å². The average molecular weight is 172 g/mol. The molecule has 1 atom stereocenters. The van der Waals surface area contributed by atoms with Crippen molar-refractivity contribution in [1.82, 2.24) is 5.32 Å². The van der Waals surface area contributed by atoms with Gasteiger partial charge in [0.15, 0.2) is 0 Å². The molecule has 12 heavy (non-hydrogen) atoms. The number of rotatable bonds is 3. The molecule has 0 aromatic carbocycles. The van der Waals surface area contributed by atoms with Crippen molar-refractivity contribution in [3.8, 4) is 0 Å². The van der Waals surface area contributed by atoms with E-state index in [0.717, 1.165) is 0 Å². The Morgan fingerprint density at radius 2 is 1.75 bits per heavy atom. The maximum atomic E-state index is 11.0. The summed E-state index contributed by atoms with van der Waals surface area (Å²) in [4.78, 5) is 11.0. The van der Waals surface area contributed by atoms with Gasteiger partial charge >= 0.3 is 0 Å². The van der Waals surface area contributed by atoms with Gasteiger partial charge in [-0.3, -0.25) is 4.79 Å². The van der Waals surface area contributed by atoms with Crippen molar-refractivity contribution in [3.63, 3.8) is 0 Å². The van der Waals surface area contributed by atoms with Crippen LogP contribution in [0.2, 0.25) is 0 Å². The third kappa shape index (κ3) is 3.72. The van der Waals surface area contributed by atoms with Gasteiger partial charge in [-0.2, -0.15) is 0 Å². The quantitative estimate of drug-likeness (QED) is 0.664. The van der Waals surface area contributed by atoms with Gasteiger partial charge in [0.1, 0.15) is 0 Å². The van der Waals surface area contributed by atoms with Gasteiger partial charge in [-0.25, -0.2) is 0 Å². The molecule has 0 saturated heterocycles. The molecule has 0 aromatic rings. The van der Waals surface area contributed by atoms with Crippen molar-refractivity contribution in [2.75, 3.05) is 0 Å². The third-order valence-electron chi connectivity index (χ3n) is 1.65. The van der Waals surface area contributed by atoms with E-state index in [4.69, 9.17) is 5.73 Å². The van der Waals surface area contributed by atoms with Gasteiger partial charge in [0.2, 0.25) is 5.91 Å². The summed E-state index contributed by atoms with van der Waals surface area (Å²) in [5.41, 5.74) is 5.15. The van der Waals surface area contributed by atoms with Crippen LogP contribution in [0.15, 0.2) is 0 Å². The van der Waals surface area contributed by atoms with Gasteiger partial charge < -0.3 is 11.1 Å². The number of amides is 1. The van der Waals surface area contributed by atoms with Crippen LogP contribution in [0.4, 0.5) is 0 Å². The summed E-state index contributed by atoms with van der Waals surface area (Å²) >= 11 is 0. The number of carbonyl (C=O) groups excluding carboxylic acids is 1. The van der Waals surface area contributed by atoms with Gasteiger partial charge in [0, 0.05) is 6.04 Å². The van der Waals surface area contributed by atoms with E-state index in [1.54, 1.807) is 0 Å². The second-order valence-corrected chi connectivity index (χ2v) is 4.52. The molecule has 0 heterocycles. The molecule has 0 unspecified atom stereocenters. The fraction of sp³-hybridized carbons (Fsp3) is 0.889. The summed E-state index contributed by atoms with van der Waals surface area (Å²) < 4.78 is 0. The largest absolute Gasteiger partial charge is 0.368 e. The van der Waals surface area contributed by atoms with Crippen molar-refractivity contribution < 1.29 is 4.79 Å². The molecule has 0 aliphatic rings. The molecule has 0 saturated carbocycles. The molecule has 0 rings (SSSR count). The Kier molecular flexibility index (Phi) is 3.71. The first-order valence-electron chi connectivity index (χ1n) is 4.30. The topological polar surface area (TPSA) is 55.1 Å². The SMILES string of the molecule is CC(C)N[C@@H](C(N)=O)C(C)(C)C. The van der Waals surface area contributed by atoms with Gasteiger partial charge in [-0.15, -0.1) is 0 Å². The van der Waals surface area contributed by atoms with E-state index in [9.17, 15) is 4.79 Å². The second kappa shape index (κ2) is 3.90. The summed E-state index contributed by atoms with van der Waals surface area (Å²) in [5.74, 6) is -0.281. The molecule has 0 aliphatic carbocycles. The Bertz CT molecular complexity index is 158. The summed E-state index contributed by atoms with van der Waals surface area (Å²) in [6.07, 6.45) is 0. The zero-order valence-electron chi connectivity index (χ0n) is 8.64. The number of carbonyl (C=O) groups is 1. The first kappa shape index (κ1) is 11.4. The van der Waals surface area contributed by atoms with E-state index < -0.39 is 0 Å². The fourth-order valence-corrected chi connectivity index (χ4v) is 1.09. The van der Waals surface area contributed by atoms with Crippen molar-refractivity contribution in [2.45, 2.75) is 46.7 Å². The first-order valence-corrected chi connectivity index (χ1v) is 4.30. The van der Waals surface area contributed by atoms with E-state index >= 15 is 0 Å². The molecular weight excluding hydrogens is 152 g/mol. The zero-order valence-corrected chi connectivity index (χ0v) is 8.64. The summed E-state index contributed by atoms with van der Waals surface area (Å²) in [5, 5.41) is 3.14. The van der Waals surface area contributed by atoms with Crippen LogP contribution < -0.4 is 11.1 Å². The zero-order chi connectivity index (χ0) is 9.94. The lowest BCUT2D eigenvalue weighted by molar-refractivity contribution is -0.122. The fourth-order valence-electron chi connectivity index (χ4n) is 1.09. The molecular formula is C9H20N2O. The molecule has 3 N–H and O–H groups in total. The van der Waals surface area contributed by atoms with Crippen LogP contribution >= 0.6 is 0 Å². The summed E-state index contributed by atoms with van der Waals surface area (Å²) in [7, 11) is 0. The van der Waals surface area contributed by atoms with Crippen molar-refractivity contribution in [2.24, 2.45) is 11.1 Å². The molecule has 3 heteroatoms. The molecule has 3 nitrogen and oxygen atoms in total. The highest BCUT2D eigenvalue weighted by atomic mass is 16.1. The van der Waals surface area contributed by atoms with Crippen LogP contribution in [0.5, 0.6) is 0 Å². The predicted molar refractivity (Wildman–Crippen MR) is 50.7 cm³/mol. The molecule has 0 spiro atoms. The normalized spacial score (nSPS) is 14.8. The summed E-state index contributed by atoms with van der Waals surface area (Å²) in [6.45, 7) is 10.00. The van der Waals surface area contributed by atoms with Crippen LogP contribution in [0.25, 0.3) is 0 Å². The van der Waals surface area contributed by atoms with Gasteiger partial charge in [0.05, 0.1) is 6.04 Å². The second-order valence-electron chi connectivity index (χ2n) is 4.52. The lowest BCUT2D eigenvalue weighted by Crippen LogP contribution is -2.52. The molecule has 72 valence electrons. The highest BCUT2D eigenvalue weighted by Crippen LogP contribution is 2.19. The Hall–Kier alpha value is -0.570. The third-order valence-corrected chi connectivity index (χ3v) is 1.65. The van der Waals surface area contributed by atoms with Crippen LogP contribution in [0, 0.1) is 5.41 Å². The molecule has 0 fully saturated rings. The van der Waals surface area contributed by atoms with Crippen LogP contribution in [-0.2, 0) is 4.79 Å². The number of nitrogens with one attached hydrogen (secondary N) is 1. The van der Waals surface area contributed by atoms with Crippen LogP contribution in [0.3, 0.4) is 0 Å². The lowest BCUT2D eigenvalue weighted by atomic mass is 9.86. The van der Waals surface area contributed by atoms with Crippen molar-refractivity contribution >= 4 is 5.91 Å². The minimum absolute atomic E-state index is 0.115. The predicted octanol–water partition coefficient (Wildman–Crippen LogP) is 0.884. The minimum Gasteiger partial charge on any atom is -0.368 e. The average Bonchev–Trinajstić information content (AvgIpc) is 1.79. The lowest BCUT2D eigenvalue weighted by Gasteiger charge is -2.30. The molecule has 0 radical (unpaired) electrons. The summed E-state index contributed by atoms with van der Waals surface area (Å²) in [6, 6.07) is 0.0271. The number of primary amides is 1. The Labute approximate surface area is 74.7 Å². The smallest absolute Gasteiger partial charge is 0.235 e. The Morgan fingerprint density at radius 1 is 1.33 bits per heavy atom. The van der Waals surface area contributed by atoms with Crippen molar-refractivity contribution in [1.29, 1.82) is 0 Å². The Morgan fingerprint density at radius 3 is 1.83 bits per heavy atom. The first-order chi connectivity index (χ1) is 5.25. The maximum Gasteiger partial charge on any atom is 0.235 e. The van der Waals surface area contributed by atoms with E-state index in [0.29, 0.717) is 0 Å². The van der Waals surface area contributed by atoms with E-state index in [-0.39, 0.29) is 23.4 Å². The monoisotopic (exact) mass is 172 g/mol. The molecule has 1 amide bonds. The van der Waals surface area contributed by atoms with Gasteiger partial charge in [-0.05, 0) is 5.41 Å². The van der Waals surface area contributed by atoms with Crippen LogP contribution in [-0.4, -0.2) is 18.0 Å². The van der Waals surface area contributed by atoms with E-state index in [1.807, 2.05) is 34.6 Å².